The predicted molar refractivity (Wildman–Crippen MR) is 108 cm³/mol. The number of aryl methyl sites for hydroxylation is 1. The van der Waals surface area contributed by atoms with E-state index in [1.807, 2.05) is 37.3 Å². The molecule has 0 heterocycles. The monoisotopic (exact) mass is 410 g/mol. The lowest BCUT2D eigenvalue weighted by atomic mass is 10.0. The van der Waals surface area contributed by atoms with Crippen molar-refractivity contribution in [3.63, 3.8) is 0 Å². The maximum Gasteiger partial charge on any atom is 0.266 e. The van der Waals surface area contributed by atoms with Gasteiger partial charge in [-0.05, 0) is 70.7 Å². The first kappa shape index (κ1) is 19.5. The van der Waals surface area contributed by atoms with Gasteiger partial charge in [-0.2, -0.15) is 5.26 Å². The maximum absolute atomic E-state index is 12.4. The van der Waals surface area contributed by atoms with E-state index in [-0.39, 0.29) is 5.57 Å². The predicted octanol–water partition coefficient (Wildman–Crippen LogP) is 5.04. The van der Waals surface area contributed by atoms with Crippen LogP contribution in [0.4, 0.5) is 5.69 Å². The first-order chi connectivity index (χ1) is 12.5. The van der Waals surface area contributed by atoms with Crippen LogP contribution in [0.2, 0.25) is 0 Å². The van der Waals surface area contributed by atoms with Gasteiger partial charge in [0.05, 0.1) is 11.6 Å². The molecule has 2 aromatic rings. The summed E-state index contributed by atoms with van der Waals surface area (Å²) in [7, 11) is 1.60. The molecule has 0 fully saturated rings. The van der Waals surface area contributed by atoms with Gasteiger partial charge in [0, 0.05) is 5.69 Å². The molecule has 0 saturated carbocycles. The second kappa shape index (κ2) is 9.02. The molecule has 1 amide bonds. The highest BCUT2D eigenvalue weighted by molar-refractivity contribution is 9.10. The van der Waals surface area contributed by atoms with Crippen LogP contribution in [0, 0.1) is 18.3 Å². The van der Waals surface area contributed by atoms with Gasteiger partial charge < -0.3 is 10.1 Å². The molecule has 0 aromatic heterocycles. The Morgan fingerprint density at radius 2 is 2.04 bits per heavy atom. The topological polar surface area (TPSA) is 62.1 Å². The van der Waals surface area contributed by atoms with Crippen molar-refractivity contribution in [2.24, 2.45) is 0 Å². The van der Waals surface area contributed by atoms with Gasteiger partial charge in [0.15, 0.2) is 0 Å². The molecule has 0 saturated heterocycles. The summed E-state index contributed by atoms with van der Waals surface area (Å²) < 4.78 is 6.14. The number of hydrogen-bond acceptors (Lipinski definition) is 3. The highest BCUT2D eigenvalue weighted by atomic mass is 79.9. The molecule has 26 heavy (non-hydrogen) atoms. The zero-order valence-corrected chi connectivity index (χ0v) is 16.3. The molecule has 2 aromatic carbocycles. The minimum absolute atomic E-state index is 0.0206. The average Bonchev–Trinajstić information content (AvgIpc) is 2.61. The van der Waals surface area contributed by atoms with Crippen molar-refractivity contribution in [1.82, 2.24) is 0 Å². The van der Waals surface area contributed by atoms with Gasteiger partial charge in [0.2, 0.25) is 0 Å². The molecule has 4 nitrogen and oxygen atoms in total. The van der Waals surface area contributed by atoms with Crippen LogP contribution in [0.3, 0.4) is 0 Å². The van der Waals surface area contributed by atoms with Gasteiger partial charge in [-0.15, -0.1) is 6.58 Å². The Bertz CT molecular complexity index is 893. The average molecular weight is 411 g/mol. The third kappa shape index (κ3) is 4.84. The van der Waals surface area contributed by atoms with Crippen molar-refractivity contribution >= 4 is 33.6 Å². The van der Waals surface area contributed by atoms with Gasteiger partial charge in [-0.3, -0.25) is 4.79 Å². The molecule has 132 valence electrons. The van der Waals surface area contributed by atoms with Crippen LogP contribution in [0.1, 0.15) is 16.7 Å². The first-order valence-electron chi connectivity index (χ1n) is 7.95. The first-order valence-corrected chi connectivity index (χ1v) is 8.75. The largest absolute Gasteiger partial charge is 0.495 e. The van der Waals surface area contributed by atoms with Crippen LogP contribution < -0.4 is 10.1 Å². The standard InChI is InChI=1S/C21H19BrN2O2/c1-4-5-16-10-15(12-19(22)20(16)26-3)11-17(13-23)21(25)24-18-8-6-14(2)7-9-18/h4,6-12H,1,5H2,2-3H3,(H,24,25)/b17-11-. The van der Waals surface area contributed by atoms with Crippen LogP contribution >= 0.6 is 15.9 Å². The number of allylic oxidation sites excluding steroid dienone is 1. The number of anilines is 1. The lowest BCUT2D eigenvalue weighted by molar-refractivity contribution is -0.112. The molecule has 0 bridgehead atoms. The fourth-order valence-electron chi connectivity index (χ4n) is 2.44. The summed E-state index contributed by atoms with van der Waals surface area (Å²) in [6, 6.07) is 13.0. The molecule has 0 spiro atoms. The summed E-state index contributed by atoms with van der Waals surface area (Å²) in [5, 5.41) is 12.1. The van der Waals surface area contributed by atoms with Crippen molar-refractivity contribution in [3.05, 3.63) is 75.8 Å². The summed E-state index contributed by atoms with van der Waals surface area (Å²) in [6.07, 6.45) is 3.94. The Hall–Kier alpha value is -2.84. The fraction of sp³-hybridized carbons (Fsp3) is 0.143. The quantitative estimate of drug-likeness (QED) is 0.412. The van der Waals surface area contributed by atoms with Gasteiger partial charge in [0.1, 0.15) is 17.4 Å². The smallest absolute Gasteiger partial charge is 0.266 e. The highest BCUT2D eigenvalue weighted by Gasteiger charge is 2.12. The number of carbonyl (C=O) groups is 1. The summed E-state index contributed by atoms with van der Waals surface area (Å²) >= 11 is 3.47. The molecule has 0 aliphatic rings. The van der Waals surface area contributed by atoms with E-state index in [2.05, 4.69) is 27.8 Å². The molecule has 0 atom stereocenters. The lowest BCUT2D eigenvalue weighted by Crippen LogP contribution is -2.13. The normalized spacial score (nSPS) is 10.8. The van der Waals surface area contributed by atoms with Gasteiger partial charge in [0.25, 0.3) is 5.91 Å². The number of methoxy groups -OCH3 is 1. The van der Waals surface area contributed by atoms with E-state index in [0.717, 1.165) is 21.2 Å². The van der Waals surface area contributed by atoms with E-state index in [0.29, 0.717) is 17.9 Å². The van der Waals surface area contributed by atoms with Crippen molar-refractivity contribution < 1.29 is 9.53 Å². The van der Waals surface area contributed by atoms with Crippen molar-refractivity contribution in [3.8, 4) is 11.8 Å². The minimum Gasteiger partial charge on any atom is -0.495 e. The van der Waals surface area contributed by atoms with Gasteiger partial charge in [-0.1, -0.05) is 23.8 Å². The second-order valence-electron chi connectivity index (χ2n) is 5.68. The zero-order chi connectivity index (χ0) is 19.1. The number of carbonyl (C=O) groups excluding carboxylic acids is 1. The Labute approximate surface area is 161 Å². The van der Waals surface area contributed by atoms with Crippen LogP contribution in [0.25, 0.3) is 6.08 Å². The minimum atomic E-state index is -0.450. The molecule has 5 heteroatoms. The molecule has 2 rings (SSSR count). The van der Waals surface area contributed by atoms with E-state index in [1.165, 1.54) is 0 Å². The summed E-state index contributed by atoms with van der Waals surface area (Å²) in [6.45, 7) is 5.71. The number of ether oxygens (including phenoxy) is 1. The van der Waals surface area contributed by atoms with Gasteiger partial charge in [-0.25, -0.2) is 0 Å². The SMILES string of the molecule is C=CCc1cc(/C=C(/C#N)C(=O)Nc2ccc(C)cc2)cc(Br)c1OC. The number of halogens is 1. The number of nitriles is 1. The van der Waals surface area contributed by atoms with Crippen LogP contribution in [-0.4, -0.2) is 13.0 Å². The second-order valence-corrected chi connectivity index (χ2v) is 6.53. The van der Waals surface area contributed by atoms with Crippen LogP contribution in [0.15, 0.2) is 59.1 Å². The molecular formula is C21H19BrN2O2. The van der Waals surface area contributed by atoms with Crippen LogP contribution in [-0.2, 0) is 11.2 Å². The van der Waals surface area contributed by atoms with Crippen molar-refractivity contribution in [1.29, 1.82) is 5.26 Å². The van der Waals surface area contributed by atoms with Gasteiger partial charge >= 0.3 is 0 Å². The number of benzene rings is 2. The van der Waals surface area contributed by atoms with Crippen LogP contribution in [0.5, 0.6) is 5.75 Å². The summed E-state index contributed by atoms with van der Waals surface area (Å²) in [4.78, 5) is 12.4. The molecule has 0 aliphatic heterocycles. The summed E-state index contributed by atoms with van der Waals surface area (Å²) in [5.41, 5.74) is 3.40. The Morgan fingerprint density at radius 1 is 1.35 bits per heavy atom. The van der Waals surface area contributed by atoms with E-state index in [9.17, 15) is 10.1 Å². The Morgan fingerprint density at radius 3 is 2.62 bits per heavy atom. The molecule has 1 N–H and O–H groups in total. The van der Waals surface area contributed by atoms with Crippen molar-refractivity contribution in [2.45, 2.75) is 13.3 Å². The molecule has 0 aliphatic carbocycles. The van der Waals surface area contributed by atoms with Crippen molar-refractivity contribution in [2.75, 3.05) is 12.4 Å². The number of nitrogens with zero attached hydrogens (tertiary/aromatic N) is 1. The fourth-order valence-corrected chi connectivity index (χ4v) is 3.12. The number of nitrogens with one attached hydrogen (secondary N) is 1. The lowest BCUT2D eigenvalue weighted by Gasteiger charge is -2.11. The number of amides is 1. The van der Waals surface area contributed by atoms with E-state index >= 15 is 0 Å². The summed E-state index contributed by atoms with van der Waals surface area (Å²) in [5.74, 6) is 0.262. The third-order valence-electron chi connectivity index (χ3n) is 3.70. The third-order valence-corrected chi connectivity index (χ3v) is 4.29. The molecule has 0 unspecified atom stereocenters. The Kier molecular flexibility index (Phi) is 6.76. The zero-order valence-electron chi connectivity index (χ0n) is 14.7. The molecular weight excluding hydrogens is 392 g/mol. The number of hydrogen-bond donors (Lipinski definition) is 1. The highest BCUT2D eigenvalue weighted by Crippen LogP contribution is 2.32. The van der Waals surface area contributed by atoms with E-state index in [1.54, 1.807) is 31.4 Å². The Balaban J connectivity index is 2.32. The number of rotatable bonds is 6. The van der Waals surface area contributed by atoms with E-state index in [4.69, 9.17) is 4.74 Å². The molecule has 0 radical (unpaired) electrons. The maximum atomic E-state index is 12.4. The van der Waals surface area contributed by atoms with E-state index < -0.39 is 5.91 Å².